The lowest BCUT2D eigenvalue weighted by Crippen LogP contribution is -2.44. The quantitative estimate of drug-likeness (QED) is 0.615. The molecule has 0 spiro atoms. The number of carbonyl (C=O) groups excluding carboxylic acids is 2. The monoisotopic (exact) mass is 439 g/mol. The van der Waals surface area contributed by atoms with Crippen LogP contribution in [0.3, 0.4) is 0 Å². The third kappa shape index (κ3) is 5.31. The minimum absolute atomic E-state index is 0.00995. The van der Waals surface area contributed by atoms with Crippen molar-refractivity contribution < 1.29 is 33.0 Å². The number of aliphatic hydroxyl groups is 1. The Bertz CT molecular complexity index is 796. The molecule has 5 atom stereocenters. The van der Waals surface area contributed by atoms with E-state index in [9.17, 15) is 23.5 Å². The van der Waals surface area contributed by atoms with E-state index in [4.69, 9.17) is 9.47 Å². The Hall–Kier alpha value is -2.30. The zero-order valence-electron chi connectivity index (χ0n) is 17.0. The fourth-order valence-corrected chi connectivity index (χ4v) is 4.32. The van der Waals surface area contributed by atoms with Gasteiger partial charge < -0.3 is 30.1 Å². The topological polar surface area (TPSA) is 100 Å². The molecular formula is C21H27F2N3O5. The molecule has 0 saturated carbocycles. The summed E-state index contributed by atoms with van der Waals surface area (Å²) in [5.41, 5.74) is 0.968. The van der Waals surface area contributed by atoms with Crippen molar-refractivity contribution in [2.45, 2.75) is 62.2 Å². The highest BCUT2D eigenvalue weighted by Gasteiger charge is 2.51. The summed E-state index contributed by atoms with van der Waals surface area (Å²) >= 11 is 0. The van der Waals surface area contributed by atoms with E-state index in [2.05, 4.69) is 10.6 Å². The van der Waals surface area contributed by atoms with Gasteiger partial charge in [0.25, 0.3) is 5.92 Å². The highest BCUT2D eigenvalue weighted by molar-refractivity contribution is 5.77. The van der Waals surface area contributed by atoms with Crippen molar-refractivity contribution in [3.05, 3.63) is 35.9 Å². The maximum Gasteiger partial charge on any atom is 0.315 e. The van der Waals surface area contributed by atoms with Crippen LogP contribution in [-0.2, 0) is 20.8 Å². The largest absolute Gasteiger partial charge is 0.388 e. The average molecular weight is 439 g/mol. The fourth-order valence-electron chi connectivity index (χ4n) is 4.32. The van der Waals surface area contributed by atoms with Crippen molar-refractivity contribution in [3.8, 4) is 0 Å². The fraction of sp³-hybridized carbons (Fsp3) is 0.619. The summed E-state index contributed by atoms with van der Waals surface area (Å²) in [6.45, 7) is -0.00634. The Balaban J connectivity index is 1.18. The number of ether oxygens (including phenoxy) is 2. The highest BCUT2D eigenvalue weighted by Crippen LogP contribution is 2.36. The summed E-state index contributed by atoms with van der Waals surface area (Å²) in [4.78, 5) is 25.4. The van der Waals surface area contributed by atoms with E-state index in [1.807, 2.05) is 30.3 Å². The first kappa shape index (κ1) is 21.9. The number of amides is 3. The second-order valence-electron chi connectivity index (χ2n) is 8.34. The maximum atomic E-state index is 13.3. The number of hydrogen-bond acceptors (Lipinski definition) is 5. The number of urea groups is 1. The number of fused-ring (bicyclic) bond motifs is 1. The predicted molar refractivity (Wildman–Crippen MR) is 105 cm³/mol. The Kier molecular flexibility index (Phi) is 6.40. The van der Waals surface area contributed by atoms with E-state index in [0.717, 1.165) is 10.5 Å². The zero-order chi connectivity index (χ0) is 22.0. The smallest absolute Gasteiger partial charge is 0.315 e. The van der Waals surface area contributed by atoms with Crippen LogP contribution in [0.4, 0.5) is 13.6 Å². The SMILES string of the molecule is O=C(NCc1ccccc1)NCC1OC2CC(CC(=O)N3CCC(F)(F)C3)OC2C1O. The molecule has 5 unspecified atom stereocenters. The van der Waals surface area contributed by atoms with Gasteiger partial charge in [-0.25, -0.2) is 13.6 Å². The van der Waals surface area contributed by atoms with Crippen molar-refractivity contribution >= 4 is 11.9 Å². The molecule has 8 nitrogen and oxygen atoms in total. The normalized spacial score (nSPS) is 31.5. The van der Waals surface area contributed by atoms with Gasteiger partial charge >= 0.3 is 6.03 Å². The number of nitrogens with zero attached hydrogens (tertiary/aromatic N) is 1. The molecule has 1 aromatic rings. The molecule has 3 aliphatic rings. The number of halogens is 2. The second-order valence-corrected chi connectivity index (χ2v) is 8.34. The lowest BCUT2D eigenvalue weighted by atomic mass is 10.1. The molecule has 3 N–H and O–H groups in total. The third-order valence-corrected chi connectivity index (χ3v) is 5.96. The Morgan fingerprint density at radius 3 is 2.65 bits per heavy atom. The number of alkyl halides is 2. The predicted octanol–water partition coefficient (Wildman–Crippen LogP) is 1.03. The third-order valence-electron chi connectivity index (χ3n) is 5.96. The number of rotatable bonds is 6. The van der Waals surface area contributed by atoms with Crippen molar-refractivity contribution in [2.75, 3.05) is 19.6 Å². The van der Waals surface area contributed by atoms with Crippen LogP contribution in [0.25, 0.3) is 0 Å². The van der Waals surface area contributed by atoms with Gasteiger partial charge in [0.05, 0.1) is 25.2 Å². The van der Waals surface area contributed by atoms with Gasteiger partial charge in [-0.1, -0.05) is 30.3 Å². The summed E-state index contributed by atoms with van der Waals surface area (Å²) < 4.78 is 38.2. The Labute approximate surface area is 178 Å². The molecule has 4 rings (SSSR count). The van der Waals surface area contributed by atoms with Crippen molar-refractivity contribution in [2.24, 2.45) is 0 Å². The molecule has 0 radical (unpaired) electrons. The molecule has 0 aromatic heterocycles. The number of carbonyl (C=O) groups is 2. The van der Waals surface area contributed by atoms with Gasteiger partial charge in [-0.2, -0.15) is 0 Å². The molecule has 1 aromatic carbocycles. The van der Waals surface area contributed by atoms with Crippen LogP contribution >= 0.6 is 0 Å². The number of benzene rings is 1. The van der Waals surface area contributed by atoms with E-state index in [0.29, 0.717) is 13.0 Å². The molecule has 3 amide bonds. The molecule has 3 aliphatic heterocycles. The summed E-state index contributed by atoms with van der Waals surface area (Å²) in [5.74, 6) is -3.19. The molecule has 3 fully saturated rings. The van der Waals surface area contributed by atoms with Gasteiger partial charge in [0.2, 0.25) is 5.91 Å². The second kappa shape index (κ2) is 9.05. The van der Waals surface area contributed by atoms with Gasteiger partial charge in [-0.05, 0) is 5.56 Å². The number of aliphatic hydroxyl groups excluding tert-OH is 1. The van der Waals surface area contributed by atoms with E-state index < -0.39 is 43.0 Å². The molecule has 31 heavy (non-hydrogen) atoms. The van der Waals surface area contributed by atoms with Crippen LogP contribution in [-0.4, -0.2) is 78.0 Å². The van der Waals surface area contributed by atoms with Crippen LogP contribution in [0.1, 0.15) is 24.8 Å². The van der Waals surface area contributed by atoms with Crippen LogP contribution in [0, 0.1) is 0 Å². The minimum atomic E-state index is -2.82. The van der Waals surface area contributed by atoms with E-state index >= 15 is 0 Å². The van der Waals surface area contributed by atoms with E-state index in [1.165, 1.54) is 0 Å². The minimum Gasteiger partial charge on any atom is -0.388 e. The lowest BCUT2D eigenvalue weighted by Gasteiger charge is -2.22. The summed E-state index contributed by atoms with van der Waals surface area (Å²) in [7, 11) is 0. The first-order valence-electron chi connectivity index (χ1n) is 10.5. The number of nitrogens with one attached hydrogen (secondary N) is 2. The summed E-state index contributed by atoms with van der Waals surface area (Å²) in [6, 6.07) is 9.10. The summed E-state index contributed by atoms with van der Waals surface area (Å²) in [6.07, 6.45) is -2.97. The first-order valence-corrected chi connectivity index (χ1v) is 10.5. The van der Waals surface area contributed by atoms with Gasteiger partial charge in [0.1, 0.15) is 18.3 Å². The molecule has 0 bridgehead atoms. The lowest BCUT2D eigenvalue weighted by molar-refractivity contribution is -0.135. The zero-order valence-corrected chi connectivity index (χ0v) is 17.0. The van der Waals surface area contributed by atoms with Crippen LogP contribution in [0.2, 0.25) is 0 Å². The van der Waals surface area contributed by atoms with Gasteiger partial charge in [0.15, 0.2) is 0 Å². The van der Waals surface area contributed by atoms with E-state index in [-0.39, 0.29) is 37.9 Å². The molecule has 170 valence electrons. The van der Waals surface area contributed by atoms with Crippen molar-refractivity contribution in [3.63, 3.8) is 0 Å². The molecule has 10 heteroatoms. The van der Waals surface area contributed by atoms with Gasteiger partial charge in [0, 0.05) is 32.5 Å². The Morgan fingerprint density at radius 2 is 1.97 bits per heavy atom. The molecular weight excluding hydrogens is 412 g/mol. The number of hydrogen-bond donors (Lipinski definition) is 3. The van der Waals surface area contributed by atoms with Crippen molar-refractivity contribution in [1.82, 2.24) is 15.5 Å². The van der Waals surface area contributed by atoms with Gasteiger partial charge in [-0.15, -0.1) is 0 Å². The number of likely N-dealkylation sites (tertiary alicyclic amines) is 1. The van der Waals surface area contributed by atoms with Crippen LogP contribution < -0.4 is 10.6 Å². The Morgan fingerprint density at radius 1 is 1.19 bits per heavy atom. The average Bonchev–Trinajstić information content (AvgIpc) is 3.39. The first-order chi connectivity index (χ1) is 14.8. The van der Waals surface area contributed by atoms with Crippen LogP contribution in [0.15, 0.2) is 30.3 Å². The maximum absolute atomic E-state index is 13.3. The van der Waals surface area contributed by atoms with E-state index in [1.54, 1.807) is 0 Å². The standard InChI is InChI=1S/C21H27F2N3O5/c22-21(23)6-7-26(12-21)17(27)9-14-8-15-19(30-14)18(28)16(31-15)11-25-20(29)24-10-13-4-2-1-3-5-13/h1-5,14-16,18-19,28H,6-12H2,(H2,24,25,29). The van der Waals surface area contributed by atoms with Crippen molar-refractivity contribution in [1.29, 1.82) is 0 Å². The van der Waals surface area contributed by atoms with Crippen LogP contribution in [0.5, 0.6) is 0 Å². The highest BCUT2D eigenvalue weighted by atomic mass is 19.3. The molecule has 0 aliphatic carbocycles. The van der Waals surface area contributed by atoms with Gasteiger partial charge in [-0.3, -0.25) is 4.79 Å². The molecule has 3 saturated heterocycles. The molecule has 3 heterocycles. The summed E-state index contributed by atoms with van der Waals surface area (Å²) in [5, 5.41) is 15.9.